The first-order valence-corrected chi connectivity index (χ1v) is 7.10. The van der Waals surface area contributed by atoms with Gasteiger partial charge in [0.2, 0.25) is 0 Å². The standard InChI is InChI=1S/C13H23ClO2/c1-2-3-10-8-15-13(16-9-10)11-4-6-12(14)7-5-11/h10-13H,2-9H2,1H3/t10-,11?,12?,13-. The monoisotopic (exact) mass is 246 g/mol. The summed E-state index contributed by atoms with van der Waals surface area (Å²) in [4.78, 5) is 0. The molecule has 1 aliphatic carbocycles. The summed E-state index contributed by atoms with van der Waals surface area (Å²) in [6.45, 7) is 3.99. The molecule has 0 radical (unpaired) electrons. The Kier molecular flexibility index (Phi) is 4.93. The first-order valence-electron chi connectivity index (χ1n) is 6.67. The Morgan fingerprint density at radius 3 is 2.25 bits per heavy atom. The van der Waals surface area contributed by atoms with Crippen molar-refractivity contribution in [3.63, 3.8) is 0 Å². The van der Waals surface area contributed by atoms with E-state index in [1.54, 1.807) is 0 Å². The molecule has 2 aliphatic rings. The lowest BCUT2D eigenvalue weighted by Crippen LogP contribution is -2.38. The zero-order valence-electron chi connectivity index (χ0n) is 10.2. The summed E-state index contributed by atoms with van der Waals surface area (Å²) in [5.74, 6) is 1.20. The van der Waals surface area contributed by atoms with Crippen molar-refractivity contribution in [2.24, 2.45) is 11.8 Å². The van der Waals surface area contributed by atoms with Crippen molar-refractivity contribution in [2.45, 2.75) is 57.1 Å². The van der Waals surface area contributed by atoms with E-state index in [1.807, 2.05) is 0 Å². The molecule has 1 saturated heterocycles. The maximum Gasteiger partial charge on any atom is 0.160 e. The van der Waals surface area contributed by atoms with E-state index in [-0.39, 0.29) is 6.29 Å². The van der Waals surface area contributed by atoms with Crippen LogP contribution >= 0.6 is 11.6 Å². The number of halogens is 1. The Morgan fingerprint density at radius 2 is 1.69 bits per heavy atom. The highest BCUT2D eigenvalue weighted by Crippen LogP contribution is 2.33. The molecule has 0 bridgehead atoms. The summed E-state index contributed by atoms with van der Waals surface area (Å²) < 4.78 is 11.7. The lowest BCUT2D eigenvalue weighted by molar-refractivity contribution is -0.228. The Labute approximate surface area is 104 Å². The Bertz CT molecular complexity index is 194. The SMILES string of the molecule is CCC[C@H]1CO[C@H](C2CCC(Cl)CC2)OC1. The van der Waals surface area contributed by atoms with Gasteiger partial charge >= 0.3 is 0 Å². The van der Waals surface area contributed by atoms with Crippen LogP contribution in [0.1, 0.15) is 45.4 Å². The topological polar surface area (TPSA) is 18.5 Å². The molecule has 2 nitrogen and oxygen atoms in total. The maximum absolute atomic E-state index is 6.10. The fourth-order valence-corrected chi connectivity index (χ4v) is 3.01. The molecule has 94 valence electrons. The summed E-state index contributed by atoms with van der Waals surface area (Å²) in [5, 5.41) is 0.382. The van der Waals surface area contributed by atoms with Crippen molar-refractivity contribution in [3.05, 3.63) is 0 Å². The molecular weight excluding hydrogens is 224 g/mol. The fraction of sp³-hybridized carbons (Fsp3) is 1.00. The van der Waals surface area contributed by atoms with Crippen LogP contribution in [-0.4, -0.2) is 24.9 Å². The fourth-order valence-electron chi connectivity index (χ4n) is 2.76. The van der Waals surface area contributed by atoms with E-state index in [0.29, 0.717) is 17.2 Å². The van der Waals surface area contributed by atoms with Crippen molar-refractivity contribution in [3.8, 4) is 0 Å². The quantitative estimate of drug-likeness (QED) is 0.709. The van der Waals surface area contributed by atoms with E-state index in [2.05, 4.69) is 6.92 Å². The number of hydrogen-bond donors (Lipinski definition) is 0. The highest BCUT2D eigenvalue weighted by Gasteiger charge is 2.31. The van der Waals surface area contributed by atoms with Gasteiger partial charge in [-0.3, -0.25) is 0 Å². The van der Waals surface area contributed by atoms with Gasteiger partial charge in [0.1, 0.15) is 0 Å². The minimum atomic E-state index is 0.0530. The molecule has 0 unspecified atom stereocenters. The second kappa shape index (κ2) is 6.23. The second-order valence-electron chi connectivity index (χ2n) is 5.20. The van der Waals surface area contributed by atoms with Gasteiger partial charge in [0.05, 0.1) is 13.2 Å². The third-order valence-electron chi connectivity index (χ3n) is 3.78. The van der Waals surface area contributed by atoms with Crippen LogP contribution in [0.3, 0.4) is 0 Å². The lowest BCUT2D eigenvalue weighted by Gasteiger charge is -2.36. The molecule has 0 aromatic carbocycles. The highest BCUT2D eigenvalue weighted by molar-refractivity contribution is 6.20. The summed E-state index contributed by atoms with van der Waals surface area (Å²) >= 11 is 6.10. The zero-order chi connectivity index (χ0) is 11.4. The van der Waals surface area contributed by atoms with E-state index in [0.717, 1.165) is 38.9 Å². The van der Waals surface area contributed by atoms with Crippen LogP contribution in [0.2, 0.25) is 0 Å². The van der Waals surface area contributed by atoms with Crippen molar-refractivity contribution in [2.75, 3.05) is 13.2 Å². The first-order chi connectivity index (χ1) is 7.79. The molecule has 1 saturated carbocycles. The molecule has 0 N–H and O–H groups in total. The van der Waals surface area contributed by atoms with Crippen molar-refractivity contribution >= 4 is 11.6 Å². The average Bonchev–Trinajstić information content (AvgIpc) is 2.32. The van der Waals surface area contributed by atoms with Gasteiger partial charge in [0.15, 0.2) is 6.29 Å². The molecular formula is C13H23ClO2. The molecule has 3 heteroatoms. The van der Waals surface area contributed by atoms with Crippen molar-refractivity contribution in [1.82, 2.24) is 0 Å². The predicted molar refractivity (Wildman–Crippen MR) is 65.7 cm³/mol. The van der Waals surface area contributed by atoms with E-state index < -0.39 is 0 Å². The van der Waals surface area contributed by atoms with Crippen LogP contribution in [0.25, 0.3) is 0 Å². The normalized spacial score (nSPS) is 40.9. The van der Waals surface area contributed by atoms with Gasteiger partial charge in [0.25, 0.3) is 0 Å². The summed E-state index contributed by atoms with van der Waals surface area (Å²) in [6, 6.07) is 0. The molecule has 0 atom stereocenters. The Balaban J connectivity index is 1.72. The minimum Gasteiger partial charge on any atom is -0.352 e. The Hall–Kier alpha value is 0.210. The number of ether oxygens (including phenoxy) is 2. The van der Waals surface area contributed by atoms with Crippen molar-refractivity contribution < 1.29 is 9.47 Å². The third kappa shape index (κ3) is 3.35. The van der Waals surface area contributed by atoms with Gasteiger partial charge in [-0.25, -0.2) is 0 Å². The summed E-state index contributed by atoms with van der Waals surface area (Å²) in [6.07, 6.45) is 7.06. The van der Waals surface area contributed by atoms with Crippen molar-refractivity contribution in [1.29, 1.82) is 0 Å². The summed E-state index contributed by atoms with van der Waals surface area (Å²) in [7, 11) is 0. The minimum absolute atomic E-state index is 0.0530. The number of hydrogen-bond acceptors (Lipinski definition) is 2. The van der Waals surface area contributed by atoms with Gasteiger partial charge in [-0.05, 0) is 32.1 Å². The van der Waals surface area contributed by atoms with Gasteiger partial charge in [-0.1, -0.05) is 13.3 Å². The molecule has 16 heavy (non-hydrogen) atoms. The van der Waals surface area contributed by atoms with E-state index in [9.17, 15) is 0 Å². The molecule has 0 aromatic rings. The van der Waals surface area contributed by atoms with Gasteiger partial charge < -0.3 is 9.47 Å². The zero-order valence-corrected chi connectivity index (χ0v) is 10.9. The second-order valence-corrected chi connectivity index (χ2v) is 5.82. The number of rotatable bonds is 3. The highest BCUT2D eigenvalue weighted by atomic mass is 35.5. The third-order valence-corrected chi connectivity index (χ3v) is 4.21. The smallest absolute Gasteiger partial charge is 0.160 e. The van der Waals surface area contributed by atoms with Gasteiger partial charge in [0, 0.05) is 17.2 Å². The van der Waals surface area contributed by atoms with Crippen LogP contribution in [0, 0.1) is 11.8 Å². The Morgan fingerprint density at radius 1 is 1.06 bits per heavy atom. The van der Waals surface area contributed by atoms with Gasteiger partial charge in [-0.2, -0.15) is 0 Å². The maximum atomic E-state index is 6.10. The molecule has 0 spiro atoms. The molecule has 1 aliphatic heterocycles. The molecule has 0 amide bonds. The van der Waals surface area contributed by atoms with Crippen LogP contribution in [0.15, 0.2) is 0 Å². The first kappa shape index (κ1) is 12.7. The lowest BCUT2D eigenvalue weighted by atomic mass is 9.88. The summed E-state index contributed by atoms with van der Waals surface area (Å²) in [5.41, 5.74) is 0. The van der Waals surface area contributed by atoms with Crippen LogP contribution in [0.5, 0.6) is 0 Å². The molecule has 0 aromatic heterocycles. The molecule has 1 heterocycles. The van der Waals surface area contributed by atoms with Crippen LogP contribution in [0.4, 0.5) is 0 Å². The van der Waals surface area contributed by atoms with Gasteiger partial charge in [-0.15, -0.1) is 11.6 Å². The van der Waals surface area contributed by atoms with E-state index in [1.165, 1.54) is 12.8 Å². The average molecular weight is 247 g/mol. The van der Waals surface area contributed by atoms with E-state index in [4.69, 9.17) is 21.1 Å². The van der Waals surface area contributed by atoms with E-state index >= 15 is 0 Å². The largest absolute Gasteiger partial charge is 0.352 e. The van der Waals surface area contributed by atoms with Crippen LogP contribution in [-0.2, 0) is 9.47 Å². The predicted octanol–water partition coefficient (Wildman–Crippen LogP) is 3.57. The number of alkyl halides is 1. The molecule has 2 fully saturated rings. The molecule has 2 rings (SSSR count). The van der Waals surface area contributed by atoms with Crippen LogP contribution < -0.4 is 0 Å².